The number of nitrogens with one attached hydrogen (secondary N) is 1. The second kappa shape index (κ2) is 5.67. The topological polar surface area (TPSA) is 57.2 Å². The van der Waals surface area contributed by atoms with Crippen LogP contribution < -0.4 is 10.2 Å². The molecule has 2 heterocycles. The maximum absolute atomic E-state index is 5.93. The second-order valence-corrected chi connectivity index (χ2v) is 4.97. The molecule has 1 unspecified atom stereocenters. The molecule has 1 fully saturated rings. The largest absolute Gasteiger partial charge is 0.357 e. The molecule has 1 atom stereocenters. The van der Waals surface area contributed by atoms with E-state index in [-0.39, 0.29) is 5.28 Å². The maximum Gasteiger partial charge on any atom is 0.231 e. The van der Waals surface area contributed by atoms with Crippen molar-refractivity contribution in [1.82, 2.24) is 19.9 Å². The monoisotopic (exact) mass is 270 g/mol. The summed E-state index contributed by atoms with van der Waals surface area (Å²) >= 11 is 5.93. The van der Waals surface area contributed by atoms with E-state index in [2.05, 4.69) is 44.0 Å². The fourth-order valence-electron chi connectivity index (χ4n) is 2.25. The number of anilines is 2. The van der Waals surface area contributed by atoms with Crippen molar-refractivity contribution in [3.63, 3.8) is 0 Å². The Hall–Kier alpha value is -1.14. The molecule has 0 aliphatic carbocycles. The van der Waals surface area contributed by atoms with Gasteiger partial charge in [-0.15, -0.1) is 0 Å². The van der Waals surface area contributed by atoms with Crippen LogP contribution in [0.5, 0.6) is 0 Å². The molecule has 1 saturated heterocycles. The van der Waals surface area contributed by atoms with Crippen molar-refractivity contribution in [3.05, 3.63) is 5.28 Å². The number of nitrogens with zero attached hydrogens (tertiary/aromatic N) is 5. The molecular weight excluding hydrogens is 252 g/mol. The molecule has 7 heteroatoms. The third kappa shape index (κ3) is 3.00. The minimum atomic E-state index is 0.231. The van der Waals surface area contributed by atoms with Crippen LogP contribution in [0.1, 0.15) is 13.3 Å². The highest BCUT2D eigenvalue weighted by atomic mass is 35.5. The molecule has 0 aromatic carbocycles. The molecule has 100 valence electrons. The van der Waals surface area contributed by atoms with Crippen LogP contribution in [0, 0.1) is 0 Å². The van der Waals surface area contributed by atoms with E-state index in [0.29, 0.717) is 17.9 Å². The van der Waals surface area contributed by atoms with Gasteiger partial charge in [-0.2, -0.15) is 15.0 Å². The molecule has 0 radical (unpaired) electrons. The normalized spacial score (nSPS) is 21.8. The predicted octanol–water partition coefficient (Wildman–Crippen LogP) is 1.10. The first-order valence-corrected chi connectivity index (χ1v) is 6.52. The van der Waals surface area contributed by atoms with Gasteiger partial charge in [-0.25, -0.2) is 0 Å². The lowest BCUT2D eigenvalue weighted by molar-refractivity contribution is 0.337. The van der Waals surface area contributed by atoms with Crippen molar-refractivity contribution in [3.8, 4) is 0 Å². The van der Waals surface area contributed by atoms with Crippen molar-refractivity contribution in [2.45, 2.75) is 19.4 Å². The van der Waals surface area contributed by atoms with Gasteiger partial charge in [-0.3, -0.25) is 0 Å². The molecule has 0 saturated carbocycles. The molecule has 1 N–H and O–H groups in total. The fourth-order valence-corrected chi connectivity index (χ4v) is 2.40. The zero-order valence-corrected chi connectivity index (χ0v) is 11.8. The van der Waals surface area contributed by atoms with Gasteiger partial charge >= 0.3 is 0 Å². The van der Waals surface area contributed by atoms with E-state index in [1.165, 1.54) is 0 Å². The predicted molar refractivity (Wildman–Crippen MR) is 73.3 cm³/mol. The summed E-state index contributed by atoms with van der Waals surface area (Å²) in [4.78, 5) is 17.1. The summed E-state index contributed by atoms with van der Waals surface area (Å²) in [6.07, 6.45) is 1.10. The number of aromatic nitrogens is 3. The quantitative estimate of drug-likeness (QED) is 0.868. The molecule has 1 aromatic rings. The van der Waals surface area contributed by atoms with Gasteiger partial charge in [0.15, 0.2) is 0 Å². The lowest BCUT2D eigenvalue weighted by atomic mass is 10.3. The van der Waals surface area contributed by atoms with Gasteiger partial charge in [0.1, 0.15) is 0 Å². The summed E-state index contributed by atoms with van der Waals surface area (Å²) in [6, 6.07) is 0.362. The van der Waals surface area contributed by atoms with E-state index in [1.807, 2.05) is 0 Å². The molecule has 6 nitrogen and oxygen atoms in total. The zero-order chi connectivity index (χ0) is 13.1. The maximum atomic E-state index is 5.93. The summed E-state index contributed by atoms with van der Waals surface area (Å²) in [5, 5.41) is 3.13. The highest BCUT2D eigenvalue weighted by Crippen LogP contribution is 2.18. The van der Waals surface area contributed by atoms with Crippen molar-refractivity contribution < 1.29 is 0 Å². The van der Waals surface area contributed by atoms with Gasteiger partial charge in [0.05, 0.1) is 0 Å². The third-order valence-corrected chi connectivity index (χ3v) is 3.29. The number of hydrogen-bond donors (Lipinski definition) is 1. The fraction of sp³-hybridized carbons (Fsp3) is 0.727. The molecular formula is C11H19ClN6. The van der Waals surface area contributed by atoms with Gasteiger partial charge in [0, 0.05) is 26.2 Å². The average Bonchev–Trinajstić information content (AvgIpc) is 2.49. The van der Waals surface area contributed by atoms with Gasteiger partial charge < -0.3 is 15.1 Å². The summed E-state index contributed by atoms with van der Waals surface area (Å²) in [5.74, 6) is 1.16. The van der Waals surface area contributed by atoms with Crippen molar-refractivity contribution in [2.24, 2.45) is 0 Å². The third-order valence-electron chi connectivity index (χ3n) is 3.12. The Morgan fingerprint density at radius 2 is 2.06 bits per heavy atom. The lowest BCUT2D eigenvalue weighted by Gasteiger charge is -2.28. The first-order valence-electron chi connectivity index (χ1n) is 6.14. The van der Waals surface area contributed by atoms with Crippen molar-refractivity contribution in [2.75, 3.05) is 43.9 Å². The van der Waals surface area contributed by atoms with Crippen LogP contribution >= 0.6 is 11.6 Å². The van der Waals surface area contributed by atoms with Gasteiger partial charge in [-0.1, -0.05) is 0 Å². The SMILES string of the molecule is CNc1nc(Cl)nc(N2CCCN(C)CC2C)n1. The summed E-state index contributed by atoms with van der Waals surface area (Å²) < 4.78 is 0. The molecule has 0 bridgehead atoms. The standard InChI is InChI=1S/C11H19ClN6/c1-8-7-17(3)5-4-6-18(8)11-15-9(12)14-10(13-2)16-11/h8H,4-7H2,1-3H3,(H,13,14,15,16). The number of rotatable bonds is 2. The smallest absolute Gasteiger partial charge is 0.231 e. The van der Waals surface area contributed by atoms with E-state index < -0.39 is 0 Å². The van der Waals surface area contributed by atoms with E-state index in [4.69, 9.17) is 11.6 Å². The van der Waals surface area contributed by atoms with Gasteiger partial charge in [0.2, 0.25) is 17.2 Å². The minimum absolute atomic E-state index is 0.231. The van der Waals surface area contributed by atoms with Crippen LogP contribution in [-0.4, -0.2) is 59.6 Å². The molecule has 0 spiro atoms. The highest BCUT2D eigenvalue weighted by Gasteiger charge is 2.22. The Kier molecular flexibility index (Phi) is 4.19. The molecule has 1 aliphatic rings. The van der Waals surface area contributed by atoms with Crippen LogP contribution in [0.15, 0.2) is 0 Å². The second-order valence-electron chi connectivity index (χ2n) is 4.64. The first-order chi connectivity index (χ1) is 8.60. The van der Waals surface area contributed by atoms with Gasteiger partial charge in [0.25, 0.3) is 0 Å². The van der Waals surface area contributed by atoms with Crippen LogP contribution in [0.3, 0.4) is 0 Å². The van der Waals surface area contributed by atoms with E-state index in [1.54, 1.807) is 7.05 Å². The highest BCUT2D eigenvalue weighted by molar-refractivity contribution is 6.28. The number of halogens is 1. The number of likely N-dealkylation sites (N-methyl/N-ethyl adjacent to an activating group) is 1. The van der Waals surface area contributed by atoms with E-state index in [0.717, 1.165) is 26.1 Å². The van der Waals surface area contributed by atoms with Crippen LogP contribution in [0.2, 0.25) is 5.28 Å². The van der Waals surface area contributed by atoms with Gasteiger partial charge in [-0.05, 0) is 38.5 Å². The number of hydrogen-bond acceptors (Lipinski definition) is 6. The molecule has 1 aromatic heterocycles. The van der Waals surface area contributed by atoms with E-state index >= 15 is 0 Å². The van der Waals surface area contributed by atoms with E-state index in [9.17, 15) is 0 Å². The van der Waals surface area contributed by atoms with Crippen LogP contribution in [0.25, 0.3) is 0 Å². The van der Waals surface area contributed by atoms with Crippen molar-refractivity contribution in [1.29, 1.82) is 0 Å². The molecule has 18 heavy (non-hydrogen) atoms. The Morgan fingerprint density at radius 3 is 2.78 bits per heavy atom. The first kappa shape index (κ1) is 13.3. The summed E-state index contributed by atoms with van der Waals surface area (Å²) in [6.45, 7) is 5.21. The van der Waals surface area contributed by atoms with Crippen molar-refractivity contribution >= 4 is 23.5 Å². The zero-order valence-electron chi connectivity index (χ0n) is 11.0. The average molecular weight is 271 g/mol. The Labute approximate surface area is 112 Å². The lowest BCUT2D eigenvalue weighted by Crippen LogP contribution is -2.39. The molecule has 0 amide bonds. The molecule has 2 rings (SSSR count). The molecule has 1 aliphatic heterocycles. The summed E-state index contributed by atoms with van der Waals surface area (Å²) in [7, 11) is 3.91. The van der Waals surface area contributed by atoms with Crippen LogP contribution in [0.4, 0.5) is 11.9 Å². The Morgan fingerprint density at radius 1 is 1.28 bits per heavy atom. The minimum Gasteiger partial charge on any atom is -0.357 e. The van der Waals surface area contributed by atoms with Crippen LogP contribution in [-0.2, 0) is 0 Å². The summed E-state index contributed by atoms with van der Waals surface area (Å²) in [5.41, 5.74) is 0. The Bertz CT molecular complexity index is 413. The Balaban J connectivity index is 2.26.